The van der Waals surface area contributed by atoms with Crippen molar-refractivity contribution in [2.24, 2.45) is 0 Å². The van der Waals surface area contributed by atoms with Gasteiger partial charge in [0.2, 0.25) is 0 Å². The van der Waals surface area contributed by atoms with Crippen LogP contribution in [0.2, 0.25) is 5.02 Å². The van der Waals surface area contributed by atoms with Crippen LogP contribution in [0.15, 0.2) is 54.2 Å². The fourth-order valence-electron chi connectivity index (χ4n) is 3.74. The number of carbonyl (C=O) groups is 2. The summed E-state index contributed by atoms with van der Waals surface area (Å²) in [7, 11) is 0. The summed E-state index contributed by atoms with van der Waals surface area (Å²) in [6.45, 7) is 3.96. The second kappa shape index (κ2) is 7.68. The van der Waals surface area contributed by atoms with Crippen LogP contribution in [0, 0.1) is 0 Å². The van der Waals surface area contributed by atoms with Crippen LogP contribution in [0.3, 0.4) is 0 Å². The molecule has 0 aliphatic carbocycles. The van der Waals surface area contributed by atoms with Crippen molar-refractivity contribution in [3.63, 3.8) is 0 Å². The van der Waals surface area contributed by atoms with E-state index in [4.69, 9.17) is 16.3 Å². The van der Waals surface area contributed by atoms with Crippen LogP contribution in [-0.2, 0) is 9.59 Å². The Labute approximate surface area is 169 Å². The molecule has 1 fully saturated rings. The standard InChI is InChI=1S/C22H21ClN2O3/c1-2-28-18-7-5-6-17(14-18)25-21(26)19(15-8-10-16(23)11-9-15)20(22(25)27)24-12-3-4-13-24/h5-11,14H,2-4,12-13H2,1H3. The molecular weight excluding hydrogens is 376 g/mol. The smallest absolute Gasteiger partial charge is 0.282 e. The number of anilines is 1. The molecule has 2 heterocycles. The average molecular weight is 397 g/mol. The van der Waals surface area contributed by atoms with Crippen molar-refractivity contribution in [1.82, 2.24) is 4.90 Å². The van der Waals surface area contributed by atoms with Crippen molar-refractivity contribution < 1.29 is 14.3 Å². The SMILES string of the molecule is CCOc1cccc(N2C(=O)C(c3ccc(Cl)cc3)=C(N3CCCC3)C2=O)c1. The number of nitrogens with zero attached hydrogens (tertiary/aromatic N) is 2. The molecule has 2 aliphatic rings. The highest BCUT2D eigenvalue weighted by Gasteiger charge is 2.43. The predicted molar refractivity (Wildman–Crippen MR) is 109 cm³/mol. The number of hydrogen-bond acceptors (Lipinski definition) is 4. The van der Waals surface area contributed by atoms with E-state index in [9.17, 15) is 9.59 Å². The van der Waals surface area contributed by atoms with Crippen molar-refractivity contribution in [2.75, 3.05) is 24.6 Å². The first-order valence-corrected chi connectivity index (χ1v) is 9.84. The van der Waals surface area contributed by atoms with Crippen LogP contribution in [-0.4, -0.2) is 36.4 Å². The van der Waals surface area contributed by atoms with E-state index in [2.05, 4.69) is 0 Å². The third kappa shape index (κ3) is 3.27. The van der Waals surface area contributed by atoms with Crippen LogP contribution < -0.4 is 9.64 Å². The molecular formula is C22H21ClN2O3. The summed E-state index contributed by atoms with van der Waals surface area (Å²) in [6, 6.07) is 14.1. The number of likely N-dealkylation sites (tertiary alicyclic amines) is 1. The van der Waals surface area contributed by atoms with E-state index < -0.39 is 0 Å². The second-order valence-corrected chi connectivity index (χ2v) is 7.24. The van der Waals surface area contributed by atoms with Crippen LogP contribution in [0.4, 0.5) is 5.69 Å². The van der Waals surface area contributed by atoms with Crippen molar-refractivity contribution in [3.8, 4) is 5.75 Å². The summed E-state index contributed by atoms with van der Waals surface area (Å²) in [5, 5.41) is 0.588. The molecule has 2 amide bonds. The molecule has 0 aromatic heterocycles. The fraction of sp³-hybridized carbons (Fsp3) is 0.273. The lowest BCUT2D eigenvalue weighted by atomic mass is 10.0. The first kappa shape index (κ1) is 18.6. The minimum atomic E-state index is -0.317. The Hall–Kier alpha value is -2.79. The molecule has 5 nitrogen and oxygen atoms in total. The summed E-state index contributed by atoms with van der Waals surface area (Å²) >= 11 is 6.02. The van der Waals surface area contributed by atoms with Gasteiger partial charge in [0, 0.05) is 24.2 Å². The van der Waals surface area contributed by atoms with Gasteiger partial charge in [0.15, 0.2) is 0 Å². The molecule has 0 spiro atoms. The summed E-state index contributed by atoms with van der Waals surface area (Å²) in [4.78, 5) is 30.0. The van der Waals surface area contributed by atoms with E-state index in [-0.39, 0.29) is 11.8 Å². The number of ether oxygens (including phenoxy) is 1. The Kier molecular flexibility index (Phi) is 5.09. The quantitative estimate of drug-likeness (QED) is 0.713. The lowest BCUT2D eigenvalue weighted by Crippen LogP contribution is -2.34. The topological polar surface area (TPSA) is 49.9 Å². The molecule has 6 heteroatoms. The number of rotatable bonds is 5. The minimum absolute atomic E-state index is 0.287. The molecule has 0 saturated carbocycles. The van der Waals surface area contributed by atoms with Gasteiger partial charge >= 0.3 is 0 Å². The molecule has 2 aromatic rings. The maximum atomic E-state index is 13.4. The minimum Gasteiger partial charge on any atom is -0.494 e. The number of benzene rings is 2. The third-order valence-electron chi connectivity index (χ3n) is 5.00. The van der Waals surface area contributed by atoms with Gasteiger partial charge in [-0.15, -0.1) is 0 Å². The molecule has 2 aliphatic heterocycles. The van der Waals surface area contributed by atoms with E-state index >= 15 is 0 Å². The van der Waals surface area contributed by atoms with Crippen LogP contribution in [0.1, 0.15) is 25.3 Å². The van der Waals surface area contributed by atoms with Crippen molar-refractivity contribution >= 4 is 34.7 Å². The highest BCUT2D eigenvalue weighted by molar-refractivity contribution is 6.45. The van der Waals surface area contributed by atoms with Crippen LogP contribution in [0.25, 0.3) is 5.57 Å². The molecule has 0 atom stereocenters. The summed E-state index contributed by atoms with van der Waals surface area (Å²) < 4.78 is 5.54. The zero-order chi connectivity index (χ0) is 19.7. The first-order chi connectivity index (χ1) is 13.6. The Bertz CT molecular complexity index is 947. The Morgan fingerprint density at radius 2 is 1.71 bits per heavy atom. The van der Waals surface area contributed by atoms with E-state index in [1.807, 2.05) is 17.9 Å². The maximum Gasteiger partial charge on any atom is 0.282 e. The summed E-state index contributed by atoms with van der Waals surface area (Å²) in [5.74, 6) is 0.0247. The van der Waals surface area contributed by atoms with Gasteiger partial charge in [-0.3, -0.25) is 9.59 Å². The van der Waals surface area contributed by atoms with Crippen LogP contribution in [0.5, 0.6) is 5.75 Å². The van der Waals surface area contributed by atoms with Gasteiger partial charge in [0.05, 0.1) is 17.9 Å². The van der Waals surface area contributed by atoms with E-state index in [0.717, 1.165) is 25.9 Å². The van der Waals surface area contributed by atoms with Gasteiger partial charge in [0.25, 0.3) is 11.8 Å². The molecule has 4 rings (SSSR count). The Balaban J connectivity index is 1.79. The van der Waals surface area contributed by atoms with Crippen molar-refractivity contribution in [1.29, 1.82) is 0 Å². The van der Waals surface area contributed by atoms with Crippen LogP contribution >= 0.6 is 11.6 Å². The Morgan fingerprint density at radius 3 is 2.39 bits per heavy atom. The number of amides is 2. The summed E-state index contributed by atoms with van der Waals surface area (Å²) in [6.07, 6.45) is 2.03. The van der Waals surface area contributed by atoms with E-state index in [0.29, 0.717) is 39.9 Å². The molecule has 28 heavy (non-hydrogen) atoms. The molecule has 144 valence electrons. The van der Waals surface area contributed by atoms with Gasteiger partial charge in [-0.25, -0.2) is 4.90 Å². The number of hydrogen-bond donors (Lipinski definition) is 0. The summed E-state index contributed by atoms with van der Waals surface area (Å²) in [5.41, 5.74) is 2.13. The lowest BCUT2D eigenvalue weighted by Gasteiger charge is -2.20. The highest BCUT2D eigenvalue weighted by atomic mass is 35.5. The third-order valence-corrected chi connectivity index (χ3v) is 5.25. The predicted octanol–water partition coefficient (Wildman–Crippen LogP) is 4.12. The second-order valence-electron chi connectivity index (χ2n) is 6.80. The molecule has 0 radical (unpaired) electrons. The monoisotopic (exact) mass is 396 g/mol. The maximum absolute atomic E-state index is 13.4. The van der Waals surface area contributed by atoms with E-state index in [1.165, 1.54) is 4.90 Å². The zero-order valence-corrected chi connectivity index (χ0v) is 16.4. The molecule has 0 bridgehead atoms. The molecule has 2 aromatic carbocycles. The number of carbonyl (C=O) groups excluding carboxylic acids is 2. The van der Waals surface area contributed by atoms with Gasteiger partial charge in [-0.2, -0.15) is 0 Å². The highest BCUT2D eigenvalue weighted by Crippen LogP contribution is 2.37. The van der Waals surface area contributed by atoms with Crippen molar-refractivity contribution in [3.05, 3.63) is 64.8 Å². The first-order valence-electron chi connectivity index (χ1n) is 9.47. The van der Waals surface area contributed by atoms with E-state index in [1.54, 1.807) is 42.5 Å². The normalized spacial score (nSPS) is 17.1. The van der Waals surface area contributed by atoms with Gasteiger partial charge < -0.3 is 9.64 Å². The van der Waals surface area contributed by atoms with Crippen molar-refractivity contribution in [2.45, 2.75) is 19.8 Å². The Morgan fingerprint density at radius 1 is 1.00 bits per heavy atom. The largest absolute Gasteiger partial charge is 0.494 e. The van der Waals surface area contributed by atoms with Gasteiger partial charge in [-0.1, -0.05) is 29.8 Å². The zero-order valence-electron chi connectivity index (χ0n) is 15.7. The fourth-order valence-corrected chi connectivity index (χ4v) is 3.87. The molecule has 0 unspecified atom stereocenters. The molecule has 1 saturated heterocycles. The van der Waals surface area contributed by atoms with Gasteiger partial charge in [-0.05, 0) is 49.6 Å². The number of halogens is 1. The number of imide groups is 1. The average Bonchev–Trinajstić information content (AvgIpc) is 3.29. The lowest BCUT2D eigenvalue weighted by molar-refractivity contribution is -0.120. The van der Waals surface area contributed by atoms with Gasteiger partial charge in [0.1, 0.15) is 11.4 Å². The molecule has 0 N–H and O–H groups in total.